The van der Waals surface area contributed by atoms with Gasteiger partial charge in [-0.1, -0.05) is 12.1 Å². The smallest absolute Gasteiger partial charge is 0.334 e. The van der Waals surface area contributed by atoms with E-state index in [0.29, 0.717) is 34.1 Å². The molecule has 0 saturated heterocycles. The maximum absolute atomic E-state index is 12.2. The Balaban J connectivity index is 2.71. The summed E-state index contributed by atoms with van der Waals surface area (Å²) in [7, 11) is 7.31. The molecule has 0 aliphatic rings. The highest BCUT2D eigenvalue weighted by Crippen LogP contribution is 2.34. The third kappa shape index (κ3) is 6.04. The molecule has 0 aromatic heterocycles. The third-order valence-electron chi connectivity index (χ3n) is 4.57. The quantitative estimate of drug-likeness (QED) is 0.256. The van der Waals surface area contributed by atoms with E-state index in [4.69, 9.17) is 23.7 Å². The van der Waals surface area contributed by atoms with Crippen molar-refractivity contribution in [2.45, 2.75) is 6.42 Å². The fourth-order valence-corrected chi connectivity index (χ4v) is 3.01. The number of allylic oxidation sites excluding steroid dienone is 2. The number of ether oxygens (including phenoxy) is 5. The van der Waals surface area contributed by atoms with Crippen LogP contribution in [0.15, 0.2) is 48.0 Å². The number of carboxylic acids is 1. The van der Waals surface area contributed by atoms with E-state index in [9.17, 15) is 14.7 Å². The van der Waals surface area contributed by atoms with Gasteiger partial charge < -0.3 is 28.8 Å². The first-order valence-corrected chi connectivity index (χ1v) is 9.53. The van der Waals surface area contributed by atoms with Crippen LogP contribution in [-0.2, 0) is 14.3 Å². The van der Waals surface area contributed by atoms with Gasteiger partial charge in [0.2, 0.25) is 0 Å². The third-order valence-corrected chi connectivity index (χ3v) is 4.57. The van der Waals surface area contributed by atoms with Crippen LogP contribution in [0, 0.1) is 0 Å². The highest BCUT2D eigenvalue weighted by atomic mass is 16.5. The number of carbonyl (C=O) groups is 2. The second-order valence-electron chi connectivity index (χ2n) is 6.52. The first-order chi connectivity index (χ1) is 15.4. The molecule has 0 bridgehead atoms. The van der Waals surface area contributed by atoms with Crippen molar-refractivity contribution >= 4 is 23.6 Å². The molecule has 0 aliphatic heterocycles. The average molecular weight is 442 g/mol. The SMILES string of the molecule is COC(=O)/C(=C\C(=C/c1ccc(OC)c(OC)c1)c1ccc(OC)c(OC)c1)CC(=O)O. The molecule has 170 valence electrons. The number of esters is 1. The number of rotatable bonds is 10. The molecule has 0 saturated carbocycles. The van der Waals surface area contributed by atoms with Crippen molar-refractivity contribution < 1.29 is 38.4 Å². The van der Waals surface area contributed by atoms with Gasteiger partial charge >= 0.3 is 11.9 Å². The lowest BCUT2D eigenvalue weighted by Gasteiger charge is -2.12. The maximum atomic E-state index is 12.2. The van der Waals surface area contributed by atoms with Crippen molar-refractivity contribution in [3.8, 4) is 23.0 Å². The minimum atomic E-state index is -1.15. The number of benzene rings is 2. The van der Waals surface area contributed by atoms with Crippen molar-refractivity contribution in [2.75, 3.05) is 35.5 Å². The van der Waals surface area contributed by atoms with E-state index < -0.39 is 18.4 Å². The van der Waals surface area contributed by atoms with Crippen LogP contribution in [0.25, 0.3) is 11.6 Å². The molecule has 0 heterocycles. The Labute approximate surface area is 186 Å². The Kier molecular flexibility index (Phi) is 8.71. The average Bonchev–Trinajstić information content (AvgIpc) is 2.81. The summed E-state index contributed by atoms with van der Waals surface area (Å²) in [5.41, 5.74) is 1.95. The van der Waals surface area contributed by atoms with Gasteiger partial charge in [0.1, 0.15) is 0 Å². The van der Waals surface area contributed by atoms with Gasteiger partial charge in [-0.25, -0.2) is 4.79 Å². The number of carbonyl (C=O) groups excluding carboxylic acids is 1. The van der Waals surface area contributed by atoms with Gasteiger partial charge in [0, 0.05) is 5.57 Å². The molecule has 0 fully saturated rings. The lowest BCUT2D eigenvalue weighted by molar-refractivity contribution is -0.141. The molecule has 8 heteroatoms. The van der Waals surface area contributed by atoms with Gasteiger partial charge in [-0.2, -0.15) is 0 Å². The Morgan fingerprint density at radius 3 is 1.91 bits per heavy atom. The zero-order valence-corrected chi connectivity index (χ0v) is 18.6. The lowest BCUT2D eigenvalue weighted by Crippen LogP contribution is -2.09. The number of carboxylic acid groups (broad SMARTS) is 1. The minimum absolute atomic E-state index is 0.0125. The van der Waals surface area contributed by atoms with Gasteiger partial charge in [0.05, 0.1) is 42.0 Å². The minimum Gasteiger partial charge on any atom is -0.493 e. The molecular formula is C24H26O8. The van der Waals surface area contributed by atoms with Gasteiger partial charge in [-0.05, 0) is 53.1 Å². The molecule has 32 heavy (non-hydrogen) atoms. The Hall–Kier alpha value is -3.94. The van der Waals surface area contributed by atoms with Gasteiger partial charge in [-0.15, -0.1) is 0 Å². The molecule has 2 aromatic carbocycles. The second kappa shape index (κ2) is 11.5. The highest BCUT2D eigenvalue weighted by molar-refractivity contribution is 5.99. The largest absolute Gasteiger partial charge is 0.493 e. The van der Waals surface area contributed by atoms with Crippen molar-refractivity contribution in [3.63, 3.8) is 0 Å². The maximum Gasteiger partial charge on any atom is 0.334 e. The van der Waals surface area contributed by atoms with Crippen molar-refractivity contribution in [1.82, 2.24) is 0 Å². The van der Waals surface area contributed by atoms with E-state index in [0.717, 1.165) is 5.56 Å². The van der Waals surface area contributed by atoms with E-state index in [1.807, 2.05) is 6.07 Å². The molecule has 0 radical (unpaired) electrons. The van der Waals surface area contributed by atoms with E-state index in [-0.39, 0.29) is 5.57 Å². The summed E-state index contributed by atoms with van der Waals surface area (Å²) in [6, 6.07) is 10.6. The standard InChI is InChI=1S/C24H26O8/c1-28-19-8-6-15(11-21(19)30-3)10-17(12-18(14-23(25)26)24(27)32-5)16-7-9-20(29-2)22(13-16)31-4/h6-13H,14H2,1-5H3,(H,25,26)/b17-10+,18-12-. The Morgan fingerprint density at radius 1 is 0.812 bits per heavy atom. The summed E-state index contributed by atoms with van der Waals surface area (Å²) in [5, 5.41) is 9.24. The Bertz CT molecular complexity index is 1040. The molecule has 0 atom stereocenters. The first-order valence-electron chi connectivity index (χ1n) is 9.53. The van der Waals surface area contributed by atoms with E-state index in [1.165, 1.54) is 34.5 Å². The highest BCUT2D eigenvalue weighted by Gasteiger charge is 2.16. The summed E-state index contributed by atoms with van der Waals surface area (Å²) >= 11 is 0. The van der Waals surface area contributed by atoms with Crippen LogP contribution in [0.1, 0.15) is 17.5 Å². The van der Waals surface area contributed by atoms with Crippen molar-refractivity contribution in [1.29, 1.82) is 0 Å². The molecule has 8 nitrogen and oxygen atoms in total. The molecule has 0 unspecified atom stereocenters. The molecule has 2 rings (SSSR count). The van der Waals surface area contributed by atoms with E-state index >= 15 is 0 Å². The van der Waals surface area contributed by atoms with Crippen molar-refractivity contribution in [2.24, 2.45) is 0 Å². The predicted octanol–water partition coefficient (Wildman–Crippen LogP) is 3.84. The molecule has 2 aromatic rings. The summed E-state index contributed by atoms with van der Waals surface area (Å²) < 4.78 is 26.1. The summed E-state index contributed by atoms with van der Waals surface area (Å²) in [6.07, 6.45) is 2.77. The van der Waals surface area contributed by atoms with Crippen LogP contribution < -0.4 is 18.9 Å². The van der Waals surface area contributed by atoms with Gasteiger partial charge in [-0.3, -0.25) is 4.79 Å². The summed E-state index contributed by atoms with van der Waals surface area (Å²) in [5.74, 6) is 0.217. The summed E-state index contributed by atoms with van der Waals surface area (Å²) in [6.45, 7) is 0. The van der Waals surface area contributed by atoms with Gasteiger partial charge in [0.15, 0.2) is 23.0 Å². The number of hydrogen-bond donors (Lipinski definition) is 1. The fraction of sp³-hybridized carbons (Fsp3) is 0.250. The van der Waals surface area contributed by atoms with E-state index in [2.05, 4.69) is 0 Å². The molecule has 1 N–H and O–H groups in total. The topological polar surface area (TPSA) is 101 Å². The lowest BCUT2D eigenvalue weighted by atomic mass is 9.98. The van der Waals surface area contributed by atoms with Crippen LogP contribution in [-0.4, -0.2) is 52.6 Å². The number of aliphatic carboxylic acids is 1. The summed E-state index contributed by atoms with van der Waals surface area (Å²) in [4.78, 5) is 23.5. The van der Waals surface area contributed by atoms with Crippen LogP contribution in [0.4, 0.5) is 0 Å². The molecule has 0 aliphatic carbocycles. The zero-order valence-electron chi connectivity index (χ0n) is 18.6. The predicted molar refractivity (Wildman–Crippen MR) is 119 cm³/mol. The van der Waals surface area contributed by atoms with Crippen LogP contribution in [0.2, 0.25) is 0 Å². The second-order valence-corrected chi connectivity index (χ2v) is 6.52. The Morgan fingerprint density at radius 2 is 1.38 bits per heavy atom. The zero-order chi connectivity index (χ0) is 23.7. The monoisotopic (exact) mass is 442 g/mol. The fourth-order valence-electron chi connectivity index (χ4n) is 3.01. The van der Waals surface area contributed by atoms with E-state index in [1.54, 1.807) is 43.5 Å². The van der Waals surface area contributed by atoms with Crippen LogP contribution in [0.3, 0.4) is 0 Å². The first kappa shape index (κ1) is 24.3. The number of methoxy groups -OCH3 is 5. The molecular weight excluding hydrogens is 416 g/mol. The van der Waals surface area contributed by atoms with Gasteiger partial charge in [0.25, 0.3) is 0 Å². The van der Waals surface area contributed by atoms with Crippen LogP contribution in [0.5, 0.6) is 23.0 Å². The van der Waals surface area contributed by atoms with Crippen molar-refractivity contribution in [3.05, 3.63) is 59.2 Å². The number of hydrogen-bond acceptors (Lipinski definition) is 7. The molecule has 0 amide bonds. The van der Waals surface area contributed by atoms with Crippen LogP contribution >= 0.6 is 0 Å². The normalized spacial score (nSPS) is 11.5. The molecule has 0 spiro atoms.